The Hall–Kier alpha value is 0.950. The lowest BCUT2D eigenvalue weighted by Crippen LogP contribution is -2.44. The van der Waals surface area contributed by atoms with Gasteiger partial charge in [0.2, 0.25) is 0 Å². The van der Waals surface area contributed by atoms with Crippen LogP contribution in [0.5, 0.6) is 0 Å². The van der Waals surface area contributed by atoms with Gasteiger partial charge in [-0.15, -0.1) is 23.2 Å². The van der Waals surface area contributed by atoms with E-state index in [0.717, 1.165) is 51.4 Å². The van der Waals surface area contributed by atoms with Gasteiger partial charge >= 0.3 is 5.97 Å². The molecule has 8 heteroatoms. The molecule has 4 atom stereocenters. The average Bonchev–Trinajstić information content (AvgIpc) is 2.90. The summed E-state index contributed by atoms with van der Waals surface area (Å²) >= 11 is 40.9. The molecule has 0 radical (unpaired) electrons. The van der Waals surface area contributed by atoms with Gasteiger partial charge in [-0.1, -0.05) is 118 Å². The predicted octanol–water partition coefficient (Wildman–Crippen LogP) is 9.63. The van der Waals surface area contributed by atoms with Gasteiger partial charge in [-0.05, 0) is 31.1 Å². The van der Waals surface area contributed by atoms with E-state index in [9.17, 15) is 4.79 Å². The Morgan fingerprint density at radius 1 is 0.742 bits per heavy atom. The zero-order valence-corrected chi connectivity index (χ0v) is 22.7. The molecule has 2 nitrogen and oxygen atoms in total. The van der Waals surface area contributed by atoms with Gasteiger partial charge in [0, 0.05) is 6.42 Å². The Bertz CT molecular complexity index is 652. The van der Waals surface area contributed by atoms with E-state index in [1.807, 2.05) is 0 Å². The number of carboxylic acids is 1. The molecule has 2 aliphatic carbocycles. The van der Waals surface area contributed by atoms with Crippen molar-refractivity contribution >= 4 is 75.6 Å². The fourth-order valence-corrected chi connectivity index (χ4v) is 8.47. The summed E-state index contributed by atoms with van der Waals surface area (Å²) in [4.78, 5) is 8.30. The van der Waals surface area contributed by atoms with E-state index in [-0.39, 0.29) is 18.3 Å². The van der Waals surface area contributed by atoms with Crippen molar-refractivity contribution in [2.45, 2.75) is 111 Å². The number of unbranched alkanes of at least 4 members (excludes halogenated alkanes) is 9. The maximum atomic E-state index is 10.6. The summed E-state index contributed by atoms with van der Waals surface area (Å²) in [5.74, 6) is -0.823. The Morgan fingerprint density at radius 2 is 1.13 bits per heavy atom. The number of alkyl halides is 4. The number of halogens is 6. The Balaban J connectivity index is 2.01. The van der Waals surface area contributed by atoms with Gasteiger partial charge in [0.25, 0.3) is 0 Å². The molecular formula is C23H34Cl6O2. The van der Waals surface area contributed by atoms with E-state index < -0.39 is 20.1 Å². The minimum absolute atomic E-state index is 0.0325. The molecule has 0 saturated heterocycles. The van der Waals surface area contributed by atoms with Gasteiger partial charge in [-0.25, -0.2) is 0 Å². The number of hydrogen-bond acceptors (Lipinski definition) is 1. The Labute approximate surface area is 217 Å². The minimum Gasteiger partial charge on any atom is -0.481 e. The highest BCUT2D eigenvalue weighted by atomic mass is 35.5. The summed E-state index contributed by atoms with van der Waals surface area (Å²) in [6.07, 6.45) is 13.6. The van der Waals surface area contributed by atoms with Crippen LogP contribution in [-0.2, 0) is 4.79 Å². The van der Waals surface area contributed by atoms with E-state index in [0.29, 0.717) is 16.5 Å². The molecule has 2 bridgehead atoms. The second-order valence-electron chi connectivity index (χ2n) is 9.10. The standard InChI is InChI=1S/C23H34Cl6O2/c1-2-3-4-5-7-10-13-16-17(14-11-8-6-9-12-15-18(30)31)22(27)20(25)19(24)21(16,26)23(22,28)29/h16-17H,2-15H2,1H3,(H,30,31). The quantitative estimate of drug-likeness (QED) is 0.161. The van der Waals surface area contributed by atoms with Crippen molar-refractivity contribution in [3.63, 3.8) is 0 Å². The maximum Gasteiger partial charge on any atom is 0.303 e. The fourth-order valence-electron chi connectivity index (χ4n) is 5.32. The average molecular weight is 555 g/mol. The minimum atomic E-state index is -1.46. The van der Waals surface area contributed by atoms with Crippen molar-refractivity contribution in [3.05, 3.63) is 10.1 Å². The fraction of sp³-hybridized carbons (Fsp3) is 0.870. The molecule has 31 heavy (non-hydrogen) atoms. The molecule has 2 aliphatic rings. The van der Waals surface area contributed by atoms with Crippen molar-refractivity contribution in [3.8, 4) is 0 Å². The molecule has 4 unspecified atom stereocenters. The van der Waals surface area contributed by atoms with Crippen molar-refractivity contribution in [1.29, 1.82) is 0 Å². The lowest BCUT2D eigenvalue weighted by atomic mass is 9.76. The first-order valence-electron chi connectivity index (χ1n) is 11.6. The van der Waals surface area contributed by atoms with Gasteiger partial charge in [0.05, 0.1) is 10.1 Å². The molecule has 2 rings (SSSR count). The van der Waals surface area contributed by atoms with Gasteiger partial charge in [0.1, 0.15) is 9.75 Å². The molecule has 0 aromatic heterocycles. The highest BCUT2D eigenvalue weighted by Gasteiger charge is 2.81. The smallest absolute Gasteiger partial charge is 0.303 e. The molecule has 0 aromatic rings. The predicted molar refractivity (Wildman–Crippen MR) is 135 cm³/mol. The van der Waals surface area contributed by atoms with Crippen LogP contribution < -0.4 is 0 Å². The first kappa shape index (κ1) is 28.2. The summed E-state index contributed by atoms with van der Waals surface area (Å²) in [6.45, 7) is 2.21. The molecule has 0 heterocycles. The first-order chi connectivity index (χ1) is 14.6. The summed E-state index contributed by atoms with van der Waals surface area (Å²) in [5, 5.41) is 9.34. The highest BCUT2D eigenvalue weighted by molar-refractivity contribution is 6.65. The number of hydrogen-bond donors (Lipinski definition) is 1. The first-order valence-corrected chi connectivity index (χ1v) is 13.9. The van der Waals surface area contributed by atoms with Crippen molar-refractivity contribution in [2.24, 2.45) is 11.8 Å². The lowest BCUT2D eigenvalue weighted by Gasteiger charge is -2.37. The van der Waals surface area contributed by atoms with Crippen LogP contribution >= 0.6 is 69.6 Å². The Kier molecular flexibility index (Phi) is 11.0. The molecule has 1 saturated carbocycles. The number of fused-ring (bicyclic) bond motifs is 2. The third kappa shape index (κ3) is 5.46. The topological polar surface area (TPSA) is 37.3 Å². The summed E-state index contributed by atoms with van der Waals surface area (Å²) in [5.41, 5.74) is 0. The third-order valence-corrected chi connectivity index (χ3v) is 11.4. The molecular weight excluding hydrogens is 521 g/mol. The van der Waals surface area contributed by atoms with Crippen LogP contribution in [0, 0.1) is 11.8 Å². The van der Waals surface area contributed by atoms with E-state index in [4.69, 9.17) is 74.7 Å². The molecule has 1 N–H and O–H groups in total. The van der Waals surface area contributed by atoms with Crippen LogP contribution in [-0.4, -0.2) is 25.2 Å². The third-order valence-electron chi connectivity index (χ3n) is 7.03. The van der Waals surface area contributed by atoms with E-state index in [2.05, 4.69) is 6.92 Å². The van der Waals surface area contributed by atoms with Gasteiger partial charge < -0.3 is 5.11 Å². The zero-order chi connectivity index (χ0) is 23.3. The van der Waals surface area contributed by atoms with E-state index in [1.54, 1.807) is 0 Å². The number of aliphatic carboxylic acids is 1. The molecule has 0 aliphatic heterocycles. The number of carbonyl (C=O) groups is 1. The van der Waals surface area contributed by atoms with Gasteiger partial charge in [-0.2, -0.15) is 0 Å². The van der Waals surface area contributed by atoms with Crippen LogP contribution in [0.25, 0.3) is 0 Å². The second-order valence-corrected chi connectivity index (χ2v) is 12.4. The van der Waals surface area contributed by atoms with Crippen LogP contribution in [0.15, 0.2) is 10.1 Å². The van der Waals surface area contributed by atoms with Crippen molar-refractivity contribution in [1.82, 2.24) is 0 Å². The molecule has 180 valence electrons. The number of allylic oxidation sites excluding steroid dienone is 2. The van der Waals surface area contributed by atoms with Crippen LogP contribution in [0.4, 0.5) is 0 Å². The Morgan fingerprint density at radius 3 is 1.55 bits per heavy atom. The number of rotatable bonds is 15. The normalized spacial score (nSPS) is 31.6. The van der Waals surface area contributed by atoms with Crippen LogP contribution in [0.3, 0.4) is 0 Å². The van der Waals surface area contributed by atoms with E-state index in [1.165, 1.54) is 25.7 Å². The largest absolute Gasteiger partial charge is 0.481 e. The SMILES string of the molecule is CCCCCCCCC1C(CCCCCCCC(=O)O)C2(Cl)C(Cl)=C(Cl)C1(Cl)C2(Cl)Cl. The van der Waals surface area contributed by atoms with Gasteiger partial charge in [0.15, 0.2) is 4.33 Å². The molecule has 1 fully saturated rings. The molecule has 0 amide bonds. The highest BCUT2D eigenvalue weighted by Crippen LogP contribution is 2.77. The lowest BCUT2D eigenvalue weighted by molar-refractivity contribution is -0.137. The summed E-state index contributed by atoms with van der Waals surface area (Å²) in [6, 6.07) is 0. The number of carboxylic acid groups (broad SMARTS) is 1. The summed E-state index contributed by atoms with van der Waals surface area (Å²) in [7, 11) is 0. The maximum absolute atomic E-state index is 10.6. The molecule has 0 aromatic carbocycles. The zero-order valence-electron chi connectivity index (χ0n) is 18.2. The van der Waals surface area contributed by atoms with Crippen LogP contribution in [0.2, 0.25) is 0 Å². The summed E-state index contributed by atoms with van der Waals surface area (Å²) < 4.78 is -1.46. The van der Waals surface area contributed by atoms with Crippen molar-refractivity contribution < 1.29 is 9.90 Å². The molecule has 0 spiro atoms. The van der Waals surface area contributed by atoms with Crippen molar-refractivity contribution in [2.75, 3.05) is 0 Å². The van der Waals surface area contributed by atoms with Crippen LogP contribution in [0.1, 0.15) is 96.8 Å². The van der Waals surface area contributed by atoms with E-state index >= 15 is 0 Å². The second kappa shape index (κ2) is 12.1. The van der Waals surface area contributed by atoms with Gasteiger partial charge in [-0.3, -0.25) is 4.79 Å². The monoisotopic (exact) mass is 552 g/mol.